The van der Waals surface area contributed by atoms with Crippen molar-refractivity contribution in [3.63, 3.8) is 0 Å². The Bertz CT molecular complexity index is 1160. The highest BCUT2D eigenvalue weighted by molar-refractivity contribution is 5.95. The summed E-state index contributed by atoms with van der Waals surface area (Å²) in [5, 5.41) is 9.03. The van der Waals surface area contributed by atoms with Crippen LogP contribution in [0.3, 0.4) is 0 Å². The van der Waals surface area contributed by atoms with Crippen molar-refractivity contribution < 1.29 is 19.0 Å². The molecule has 0 aliphatic carbocycles. The number of ether oxygens (including phenoxy) is 3. The first-order valence-corrected chi connectivity index (χ1v) is 11.6. The third kappa shape index (κ3) is 5.67. The van der Waals surface area contributed by atoms with Gasteiger partial charge in [-0.1, -0.05) is 30.3 Å². The number of hydrogen-bond acceptors (Lipinski definition) is 6. The van der Waals surface area contributed by atoms with E-state index in [1.54, 1.807) is 26.4 Å². The van der Waals surface area contributed by atoms with Gasteiger partial charge in [0, 0.05) is 37.4 Å². The standard InChI is InChI=1S/C28H29N3O4/c1-33-25-17-23(18-26(34-2)27(25)35-20-22-7-4-3-5-8-22)28(32)31-14-6-13-30(15-16-31)24-11-9-21(19-29)10-12-24/h3-5,7-12,17-18H,6,13-16,20H2,1-2H3. The van der Waals surface area contributed by atoms with Crippen LogP contribution in [0.4, 0.5) is 5.69 Å². The lowest BCUT2D eigenvalue weighted by molar-refractivity contribution is 0.0766. The van der Waals surface area contributed by atoms with Gasteiger partial charge in [0.1, 0.15) is 6.61 Å². The maximum Gasteiger partial charge on any atom is 0.254 e. The molecule has 7 heteroatoms. The summed E-state index contributed by atoms with van der Waals surface area (Å²) in [6.45, 7) is 3.16. The van der Waals surface area contributed by atoms with E-state index >= 15 is 0 Å². The molecule has 1 aliphatic rings. The number of benzene rings is 3. The zero-order valence-corrected chi connectivity index (χ0v) is 20.1. The van der Waals surface area contributed by atoms with Gasteiger partial charge in [0.25, 0.3) is 5.91 Å². The molecule has 0 unspecified atom stereocenters. The van der Waals surface area contributed by atoms with Crippen molar-refractivity contribution in [2.24, 2.45) is 0 Å². The molecule has 3 aromatic carbocycles. The van der Waals surface area contributed by atoms with Crippen molar-refractivity contribution in [2.75, 3.05) is 45.3 Å². The Morgan fingerprint density at radius 2 is 1.60 bits per heavy atom. The normalized spacial score (nSPS) is 13.5. The summed E-state index contributed by atoms with van der Waals surface area (Å²) in [6, 6.07) is 23.0. The average molecular weight is 472 g/mol. The topological polar surface area (TPSA) is 75.0 Å². The van der Waals surface area contributed by atoms with Crippen LogP contribution < -0.4 is 19.1 Å². The monoisotopic (exact) mass is 471 g/mol. The molecule has 0 N–H and O–H groups in total. The quantitative estimate of drug-likeness (QED) is 0.505. The van der Waals surface area contributed by atoms with Crippen LogP contribution in [-0.4, -0.2) is 51.2 Å². The van der Waals surface area contributed by atoms with Gasteiger partial charge >= 0.3 is 0 Å². The maximum atomic E-state index is 13.4. The van der Waals surface area contributed by atoms with Gasteiger partial charge in [0.05, 0.1) is 25.9 Å². The predicted molar refractivity (Wildman–Crippen MR) is 134 cm³/mol. The number of anilines is 1. The van der Waals surface area contributed by atoms with Crippen LogP contribution in [0.1, 0.15) is 27.9 Å². The van der Waals surface area contributed by atoms with Crippen molar-refractivity contribution in [3.8, 4) is 23.3 Å². The van der Waals surface area contributed by atoms with E-state index in [1.165, 1.54) is 0 Å². The lowest BCUT2D eigenvalue weighted by Crippen LogP contribution is -2.35. The first-order valence-electron chi connectivity index (χ1n) is 11.6. The van der Waals surface area contributed by atoms with E-state index in [2.05, 4.69) is 11.0 Å². The van der Waals surface area contributed by atoms with E-state index < -0.39 is 0 Å². The minimum atomic E-state index is -0.0714. The summed E-state index contributed by atoms with van der Waals surface area (Å²) in [7, 11) is 3.11. The fourth-order valence-electron chi connectivity index (χ4n) is 4.18. The van der Waals surface area contributed by atoms with E-state index in [9.17, 15) is 4.79 Å². The highest BCUT2D eigenvalue weighted by Gasteiger charge is 2.24. The molecule has 1 heterocycles. The molecule has 4 rings (SSSR count). The Morgan fingerprint density at radius 3 is 2.23 bits per heavy atom. The molecule has 35 heavy (non-hydrogen) atoms. The molecule has 1 amide bonds. The summed E-state index contributed by atoms with van der Waals surface area (Å²) < 4.78 is 17.1. The minimum Gasteiger partial charge on any atom is -0.493 e. The van der Waals surface area contributed by atoms with Crippen LogP contribution >= 0.6 is 0 Å². The van der Waals surface area contributed by atoms with Gasteiger partial charge in [-0.3, -0.25) is 4.79 Å². The first-order chi connectivity index (χ1) is 17.1. The molecule has 0 saturated carbocycles. The highest BCUT2D eigenvalue weighted by atomic mass is 16.5. The van der Waals surface area contributed by atoms with Crippen LogP contribution in [0.15, 0.2) is 66.7 Å². The molecule has 0 bridgehead atoms. The van der Waals surface area contributed by atoms with Crippen molar-refractivity contribution in [3.05, 3.63) is 83.4 Å². The van der Waals surface area contributed by atoms with Crippen molar-refractivity contribution >= 4 is 11.6 Å². The predicted octanol–water partition coefficient (Wildman–Crippen LogP) is 4.51. The molecule has 180 valence electrons. The van der Waals surface area contributed by atoms with Gasteiger partial charge in [-0.05, 0) is 48.4 Å². The number of amides is 1. The Morgan fingerprint density at radius 1 is 0.914 bits per heavy atom. The first kappa shape index (κ1) is 24.0. The Hall–Kier alpha value is -4.18. The zero-order chi connectivity index (χ0) is 24.6. The molecule has 1 saturated heterocycles. The van der Waals surface area contributed by atoms with Gasteiger partial charge in [0.15, 0.2) is 11.5 Å². The van der Waals surface area contributed by atoms with Crippen LogP contribution in [0, 0.1) is 11.3 Å². The zero-order valence-electron chi connectivity index (χ0n) is 20.1. The number of nitrogens with zero attached hydrogens (tertiary/aromatic N) is 3. The van der Waals surface area contributed by atoms with Gasteiger partial charge in [-0.15, -0.1) is 0 Å². The van der Waals surface area contributed by atoms with Gasteiger partial charge < -0.3 is 24.0 Å². The lowest BCUT2D eigenvalue weighted by atomic mass is 10.1. The minimum absolute atomic E-state index is 0.0714. The Labute approximate surface area is 206 Å². The largest absolute Gasteiger partial charge is 0.493 e. The molecule has 1 aliphatic heterocycles. The number of hydrogen-bond donors (Lipinski definition) is 0. The molecule has 1 fully saturated rings. The number of methoxy groups -OCH3 is 2. The van der Waals surface area contributed by atoms with Crippen LogP contribution in [0.2, 0.25) is 0 Å². The smallest absolute Gasteiger partial charge is 0.254 e. The van der Waals surface area contributed by atoms with E-state index in [4.69, 9.17) is 19.5 Å². The SMILES string of the molecule is COc1cc(C(=O)N2CCCN(c3ccc(C#N)cc3)CC2)cc(OC)c1OCc1ccccc1. The average Bonchev–Trinajstić information content (AvgIpc) is 3.18. The van der Waals surface area contributed by atoms with Gasteiger partial charge in [0.2, 0.25) is 5.75 Å². The number of carbonyl (C=O) groups is 1. The second kappa shape index (κ2) is 11.3. The fraction of sp³-hybridized carbons (Fsp3) is 0.286. The van der Waals surface area contributed by atoms with Gasteiger partial charge in [-0.25, -0.2) is 0 Å². The summed E-state index contributed by atoms with van der Waals surface area (Å²) in [5.74, 6) is 1.31. The molecule has 0 radical (unpaired) electrons. The summed E-state index contributed by atoms with van der Waals surface area (Å²) in [5.41, 5.74) is 3.21. The van der Waals surface area contributed by atoms with E-state index in [1.807, 2.05) is 59.5 Å². The molecular formula is C28H29N3O4. The van der Waals surface area contributed by atoms with Crippen LogP contribution in [-0.2, 0) is 6.61 Å². The Balaban J connectivity index is 1.48. The number of carbonyl (C=O) groups excluding carboxylic acids is 1. The van der Waals surface area contributed by atoms with Crippen molar-refractivity contribution in [1.82, 2.24) is 4.90 Å². The van der Waals surface area contributed by atoms with Gasteiger partial charge in [-0.2, -0.15) is 5.26 Å². The Kier molecular flexibility index (Phi) is 7.74. The highest BCUT2D eigenvalue weighted by Crippen LogP contribution is 2.39. The third-order valence-corrected chi connectivity index (χ3v) is 6.08. The molecule has 0 atom stereocenters. The third-order valence-electron chi connectivity index (χ3n) is 6.08. The number of rotatable bonds is 7. The van der Waals surface area contributed by atoms with E-state index in [0.29, 0.717) is 54.6 Å². The lowest BCUT2D eigenvalue weighted by Gasteiger charge is -2.24. The second-order valence-electron chi connectivity index (χ2n) is 8.28. The summed E-state index contributed by atoms with van der Waals surface area (Å²) in [6.07, 6.45) is 0.846. The summed E-state index contributed by atoms with van der Waals surface area (Å²) >= 11 is 0. The molecule has 0 spiro atoms. The molecule has 7 nitrogen and oxygen atoms in total. The molecule has 3 aromatic rings. The van der Waals surface area contributed by atoms with E-state index in [-0.39, 0.29) is 5.91 Å². The summed E-state index contributed by atoms with van der Waals surface area (Å²) in [4.78, 5) is 17.5. The van der Waals surface area contributed by atoms with E-state index in [0.717, 1.165) is 24.2 Å². The second-order valence-corrected chi connectivity index (χ2v) is 8.28. The van der Waals surface area contributed by atoms with Crippen LogP contribution in [0.5, 0.6) is 17.2 Å². The van der Waals surface area contributed by atoms with Crippen molar-refractivity contribution in [2.45, 2.75) is 13.0 Å². The van der Waals surface area contributed by atoms with Crippen LogP contribution in [0.25, 0.3) is 0 Å². The fourth-order valence-corrected chi connectivity index (χ4v) is 4.18. The van der Waals surface area contributed by atoms with Crippen molar-refractivity contribution in [1.29, 1.82) is 5.26 Å². The molecule has 0 aromatic heterocycles. The maximum absolute atomic E-state index is 13.4. The molecular weight excluding hydrogens is 442 g/mol. The number of nitriles is 1.